The Bertz CT molecular complexity index is 312. The Balaban J connectivity index is 2.28. The molecule has 0 bridgehead atoms. The van der Waals surface area contributed by atoms with Crippen molar-refractivity contribution in [3.05, 3.63) is 0 Å². The molecule has 0 aromatic carbocycles. The van der Waals surface area contributed by atoms with Gasteiger partial charge < -0.3 is 20.4 Å². The fourth-order valence-corrected chi connectivity index (χ4v) is 2.25. The van der Waals surface area contributed by atoms with E-state index in [1.54, 1.807) is 18.9 Å². The van der Waals surface area contributed by atoms with Crippen molar-refractivity contribution in [2.75, 3.05) is 13.6 Å². The highest BCUT2D eigenvalue weighted by Gasteiger charge is 2.27. The molecule has 0 aromatic rings. The van der Waals surface area contributed by atoms with Crippen molar-refractivity contribution in [2.24, 2.45) is 5.92 Å². The molecular formula is C13H24N2O4. The number of nitrogens with zero attached hydrogens (tertiary/aromatic N) is 1. The highest BCUT2D eigenvalue weighted by molar-refractivity contribution is 5.74. The standard InChI is InChI=1S/C13H24N2O4/c1-9(16)7-8-15(2)13(19)14-11-5-3-10(4-6-11)12(17)18/h9-11,16H,3-8H2,1-2H3,(H,14,19)(H,17,18). The molecule has 3 N–H and O–H groups in total. The molecule has 0 aliphatic heterocycles. The van der Waals surface area contributed by atoms with Gasteiger partial charge in [-0.1, -0.05) is 0 Å². The van der Waals surface area contributed by atoms with Gasteiger partial charge in [0, 0.05) is 19.6 Å². The zero-order chi connectivity index (χ0) is 14.4. The molecule has 1 saturated carbocycles. The number of carbonyl (C=O) groups is 2. The van der Waals surface area contributed by atoms with Crippen LogP contribution in [0, 0.1) is 5.92 Å². The van der Waals surface area contributed by atoms with Gasteiger partial charge in [-0.25, -0.2) is 4.79 Å². The lowest BCUT2D eigenvalue weighted by atomic mass is 9.86. The van der Waals surface area contributed by atoms with Crippen LogP contribution in [0.25, 0.3) is 0 Å². The number of carboxylic acids is 1. The highest BCUT2D eigenvalue weighted by atomic mass is 16.4. The van der Waals surface area contributed by atoms with Crippen molar-refractivity contribution in [3.63, 3.8) is 0 Å². The number of rotatable bonds is 5. The lowest BCUT2D eigenvalue weighted by molar-refractivity contribution is -0.142. The molecular weight excluding hydrogens is 248 g/mol. The molecule has 1 aliphatic carbocycles. The van der Waals surface area contributed by atoms with Crippen LogP contribution in [-0.4, -0.2) is 52.9 Å². The Labute approximate surface area is 113 Å². The minimum atomic E-state index is -0.737. The maximum atomic E-state index is 11.9. The van der Waals surface area contributed by atoms with Crippen LogP contribution in [0.5, 0.6) is 0 Å². The predicted octanol–water partition coefficient (Wildman–Crippen LogP) is 1.04. The number of carbonyl (C=O) groups excluding carboxylic acids is 1. The SMILES string of the molecule is CC(O)CCN(C)C(=O)NC1CCC(C(=O)O)CC1. The summed E-state index contributed by atoms with van der Waals surface area (Å²) in [7, 11) is 1.70. The fourth-order valence-electron chi connectivity index (χ4n) is 2.25. The molecule has 6 heteroatoms. The third-order valence-electron chi connectivity index (χ3n) is 3.63. The Morgan fingerprint density at radius 1 is 1.32 bits per heavy atom. The number of hydrogen-bond donors (Lipinski definition) is 3. The predicted molar refractivity (Wildman–Crippen MR) is 70.8 cm³/mol. The van der Waals surface area contributed by atoms with Gasteiger partial charge in [0.2, 0.25) is 0 Å². The van der Waals surface area contributed by atoms with Crippen LogP contribution in [0.4, 0.5) is 4.79 Å². The number of aliphatic hydroxyl groups excluding tert-OH is 1. The smallest absolute Gasteiger partial charge is 0.317 e. The zero-order valence-corrected chi connectivity index (χ0v) is 11.6. The minimum Gasteiger partial charge on any atom is -0.481 e. The van der Waals surface area contributed by atoms with Gasteiger partial charge in [0.05, 0.1) is 12.0 Å². The van der Waals surface area contributed by atoms with Gasteiger partial charge in [0.1, 0.15) is 0 Å². The van der Waals surface area contributed by atoms with Crippen LogP contribution in [0.15, 0.2) is 0 Å². The summed E-state index contributed by atoms with van der Waals surface area (Å²) in [4.78, 5) is 24.2. The Morgan fingerprint density at radius 3 is 2.37 bits per heavy atom. The Kier molecular flexibility index (Phi) is 6.08. The normalized spacial score (nSPS) is 24.6. The summed E-state index contributed by atoms with van der Waals surface area (Å²) in [5, 5.41) is 21.0. The van der Waals surface area contributed by atoms with E-state index in [1.165, 1.54) is 0 Å². The van der Waals surface area contributed by atoms with Crippen molar-refractivity contribution in [1.82, 2.24) is 10.2 Å². The van der Waals surface area contributed by atoms with Crippen LogP contribution >= 0.6 is 0 Å². The number of aliphatic hydroxyl groups is 1. The first-order valence-corrected chi connectivity index (χ1v) is 6.82. The molecule has 1 aliphatic rings. The van der Waals surface area contributed by atoms with Crippen LogP contribution in [0.1, 0.15) is 39.0 Å². The van der Waals surface area contributed by atoms with Gasteiger partial charge in [-0.2, -0.15) is 0 Å². The Morgan fingerprint density at radius 2 is 1.89 bits per heavy atom. The van der Waals surface area contributed by atoms with E-state index in [2.05, 4.69) is 5.32 Å². The van der Waals surface area contributed by atoms with Gasteiger partial charge in [-0.05, 0) is 39.0 Å². The Hall–Kier alpha value is -1.30. The van der Waals surface area contributed by atoms with Crippen LogP contribution in [0.3, 0.4) is 0 Å². The highest BCUT2D eigenvalue weighted by Crippen LogP contribution is 2.24. The van der Waals surface area contributed by atoms with E-state index in [0.717, 1.165) is 0 Å². The number of carboxylic acid groups (broad SMARTS) is 1. The topological polar surface area (TPSA) is 89.9 Å². The molecule has 1 rings (SSSR count). The lowest BCUT2D eigenvalue weighted by Crippen LogP contribution is -2.45. The summed E-state index contributed by atoms with van der Waals surface area (Å²) < 4.78 is 0. The van der Waals surface area contributed by atoms with E-state index in [4.69, 9.17) is 5.11 Å². The van der Waals surface area contributed by atoms with Gasteiger partial charge in [-0.3, -0.25) is 4.79 Å². The van der Waals surface area contributed by atoms with Gasteiger partial charge in [-0.15, -0.1) is 0 Å². The maximum absolute atomic E-state index is 11.9. The molecule has 0 heterocycles. The second kappa shape index (κ2) is 7.33. The molecule has 1 atom stereocenters. The number of amides is 2. The maximum Gasteiger partial charge on any atom is 0.317 e. The average Bonchev–Trinajstić information content (AvgIpc) is 2.36. The second-order valence-corrected chi connectivity index (χ2v) is 5.40. The number of hydrogen-bond acceptors (Lipinski definition) is 3. The summed E-state index contributed by atoms with van der Waals surface area (Å²) in [6.45, 7) is 2.20. The van der Waals surface area contributed by atoms with Crippen molar-refractivity contribution in [3.8, 4) is 0 Å². The van der Waals surface area contributed by atoms with Crippen molar-refractivity contribution < 1.29 is 19.8 Å². The monoisotopic (exact) mass is 272 g/mol. The van der Waals surface area contributed by atoms with Gasteiger partial charge in [0.15, 0.2) is 0 Å². The fraction of sp³-hybridized carbons (Fsp3) is 0.846. The lowest BCUT2D eigenvalue weighted by Gasteiger charge is -2.29. The molecule has 1 unspecified atom stereocenters. The molecule has 110 valence electrons. The molecule has 0 saturated heterocycles. The molecule has 1 fully saturated rings. The van der Waals surface area contributed by atoms with Gasteiger partial charge >= 0.3 is 12.0 Å². The second-order valence-electron chi connectivity index (χ2n) is 5.40. The van der Waals surface area contributed by atoms with Crippen molar-refractivity contribution in [2.45, 2.75) is 51.2 Å². The van der Waals surface area contributed by atoms with E-state index in [1.807, 2.05) is 0 Å². The first kappa shape index (κ1) is 15.8. The minimum absolute atomic E-state index is 0.0668. The summed E-state index contributed by atoms with van der Waals surface area (Å²) >= 11 is 0. The average molecular weight is 272 g/mol. The number of urea groups is 1. The summed E-state index contributed by atoms with van der Waals surface area (Å²) in [5.74, 6) is -1.00. The van der Waals surface area contributed by atoms with E-state index in [9.17, 15) is 14.7 Å². The van der Waals surface area contributed by atoms with E-state index < -0.39 is 12.1 Å². The van der Waals surface area contributed by atoms with E-state index in [0.29, 0.717) is 38.6 Å². The summed E-state index contributed by atoms with van der Waals surface area (Å²) in [6, 6.07) is -0.0866. The number of nitrogens with one attached hydrogen (secondary N) is 1. The molecule has 19 heavy (non-hydrogen) atoms. The molecule has 2 amide bonds. The number of aliphatic carboxylic acids is 1. The first-order chi connectivity index (χ1) is 8.90. The van der Waals surface area contributed by atoms with Crippen LogP contribution in [-0.2, 0) is 4.79 Å². The third kappa shape index (κ3) is 5.46. The molecule has 0 spiro atoms. The summed E-state index contributed by atoms with van der Waals surface area (Å²) in [5.41, 5.74) is 0. The zero-order valence-electron chi connectivity index (χ0n) is 11.6. The van der Waals surface area contributed by atoms with Gasteiger partial charge in [0.25, 0.3) is 0 Å². The largest absolute Gasteiger partial charge is 0.481 e. The van der Waals surface area contributed by atoms with Crippen LogP contribution in [0.2, 0.25) is 0 Å². The summed E-state index contributed by atoms with van der Waals surface area (Å²) in [6.07, 6.45) is 2.81. The molecule has 0 aromatic heterocycles. The quantitative estimate of drug-likeness (QED) is 0.697. The first-order valence-electron chi connectivity index (χ1n) is 6.82. The van der Waals surface area contributed by atoms with E-state index in [-0.39, 0.29) is 18.0 Å². The third-order valence-corrected chi connectivity index (χ3v) is 3.63. The van der Waals surface area contributed by atoms with Crippen LogP contribution < -0.4 is 5.32 Å². The van der Waals surface area contributed by atoms with Crippen molar-refractivity contribution >= 4 is 12.0 Å². The molecule has 0 radical (unpaired) electrons. The molecule has 6 nitrogen and oxygen atoms in total. The van der Waals surface area contributed by atoms with Crippen molar-refractivity contribution in [1.29, 1.82) is 0 Å². The van der Waals surface area contributed by atoms with E-state index >= 15 is 0 Å².